The van der Waals surface area contributed by atoms with E-state index < -0.39 is 12.0 Å². The molecule has 1 nitrogen and oxygen atoms in total. The van der Waals surface area contributed by atoms with Crippen LogP contribution in [0.1, 0.15) is 70.3 Å². The van der Waals surface area contributed by atoms with Gasteiger partial charge in [-0.25, -0.2) is 4.39 Å². The molecule has 0 spiro atoms. The van der Waals surface area contributed by atoms with Crippen LogP contribution in [0.15, 0.2) is 42.5 Å². The molecule has 1 aliphatic carbocycles. The number of halogens is 4. The molecular weight excluding hydrogens is 356 g/mol. The topological polar surface area (TPSA) is 9.23 Å². The van der Waals surface area contributed by atoms with Gasteiger partial charge in [-0.2, -0.15) is 0 Å². The van der Waals surface area contributed by atoms with Crippen molar-refractivity contribution in [1.82, 2.24) is 0 Å². The molecule has 1 unspecified atom stereocenters. The molecule has 1 aliphatic rings. The van der Waals surface area contributed by atoms with Gasteiger partial charge >= 0.3 is 6.36 Å². The molecule has 0 heterocycles. The quantitative estimate of drug-likeness (QED) is 0.298. The van der Waals surface area contributed by atoms with Crippen molar-refractivity contribution in [2.75, 3.05) is 0 Å². The van der Waals surface area contributed by atoms with Crippen LogP contribution >= 0.6 is 0 Å². The second-order valence-corrected chi connectivity index (χ2v) is 7.16. The highest BCUT2D eigenvalue weighted by atomic mass is 19.4. The van der Waals surface area contributed by atoms with Gasteiger partial charge in [-0.05, 0) is 24.5 Å². The standard InChI is InChI=1S/C22H28F4O/c1-2-3-4-5-6-7-10-15-21(27-22(24,25)26)16-13-18(14-17-21)19-11-8-9-12-20(19)23/h8-9,11-14,16H,2-7,10,15,17H2,1H3. The van der Waals surface area contributed by atoms with E-state index in [9.17, 15) is 17.6 Å². The molecule has 1 aromatic rings. The third-order valence-electron chi connectivity index (χ3n) is 4.94. The Labute approximate surface area is 159 Å². The van der Waals surface area contributed by atoms with E-state index in [1.807, 2.05) is 0 Å². The van der Waals surface area contributed by atoms with Gasteiger partial charge < -0.3 is 0 Å². The first-order valence-corrected chi connectivity index (χ1v) is 9.76. The number of unbranched alkanes of at least 4 members (excludes halogenated alkanes) is 6. The highest BCUT2D eigenvalue weighted by Crippen LogP contribution is 2.38. The number of rotatable bonds is 10. The van der Waals surface area contributed by atoms with E-state index in [-0.39, 0.29) is 12.2 Å². The van der Waals surface area contributed by atoms with E-state index in [0.29, 0.717) is 24.0 Å². The summed E-state index contributed by atoms with van der Waals surface area (Å²) in [5.74, 6) is -0.385. The van der Waals surface area contributed by atoms with E-state index in [2.05, 4.69) is 11.7 Å². The van der Waals surface area contributed by atoms with Crippen molar-refractivity contribution >= 4 is 5.57 Å². The molecule has 27 heavy (non-hydrogen) atoms. The number of hydrogen-bond donors (Lipinski definition) is 0. The first-order chi connectivity index (χ1) is 12.9. The van der Waals surface area contributed by atoms with Gasteiger partial charge in [0.1, 0.15) is 5.82 Å². The van der Waals surface area contributed by atoms with E-state index in [1.165, 1.54) is 31.4 Å². The summed E-state index contributed by atoms with van der Waals surface area (Å²) in [6, 6.07) is 6.26. The normalized spacial score (nSPS) is 20.0. The van der Waals surface area contributed by atoms with Gasteiger partial charge in [-0.3, -0.25) is 4.74 Å². The summed E-state index contributed by atoms with van der Waals surface area (Å²) in [4.78, 5) is 0. The third kappa shape index (κ3) is 7.13. The van der Waals surface area contributed by atoms with E-state index in [0.717, 1.165) is 19.3 Å². The summed E-state index contributed by atoms with van der Waals surface area (Å²) in [5.41, 5.74) is -0.407. The SMILES string of the molecule is CCCCCCCCCC1(OC(F)(F)F)C=CC(c2ccccc2F)=CC1. The van der Waals surface area contributed by atoms with Crippen LogP contribution in [-0.4, -0.2) is 12.0 Å². The van der Waals surface area contributed by atoms with Gasteiger partial charge in [0.15, 0.2) is 0 Å². The van der Waals surface area contributed by atoms with Gasteiger partial charge in [0.25, 0.3) is 0 Å². The maximum atomic E-state index is 13.9. The smallest absolute Gasteiger partial charge is 0.281 e. The zero-order valence-corrected chi connectivity index (χ0v) is 15.8. The van der Waals surface area contributed by atoms with E-state index in [1.54, 1.807) is 30.4 Å². The molecule has 0 aliphatic heterocycles. The van der Waals surface area contributed by atoms with E-state index in [4.69, 9.17) is 0 Å². The Morgan fingerprint density at radius 1 is 1.00 bits per heavy atom. The molecule has 150 valence electrons. The minimum absolute atomic E-state index is 0.0858. The molecule has 0 saturated heterocycles. The van der Waals surface area contributed by atoms with Crippen molar-refractivity contribution in [3.63, 3.8) is 0 Å². The van der Waals surface area contributed by atoms with Crippen LogP contribution in [0.25, 0.3) is 5.57 Å². The molecule has 2 rings (SSSR count). The fraction of sp³-hybridized carbons (Fsp3) is 0.545. The summed E-state index contributed by atoms with van der Waals surface area (Å²) in [7, 11) is 0. The monoisotopic (exact) mass is 384 g/mol. The fourth-order valence-corrected chi connectivity index (χ4v) is 3.48. The molecule has 0 radical (unpaired) electrons. The Balaban J connectivity index is 1.98. The van der Waals surface area contributed by atoms with Crippen LogP contribution in [0.3, 0.4) is 0 Å². The first kappa shape index (κ1) is 21.7. The van der Waals surface area contributed by atoms with Crippen molar-refractivity contribution in [2.45, 2.75) is 76.7 Å². The summed E-state index contributed by atoms with van der Waals surface area (Å²) < 4.78 is 57.3. The molecular formula is C22H28F4O. The lowest BCUT2D eigenvalue weighted by atomic mass is 9.85. The van der Waals surface area contributed by atoms with Crippen LogP contribution in [0.2, 0.25) is 0 Å². The Hall–Kier alpha value is -1.62. The highest BCUT2D eigenvalue weighted by Gasteiger charge is 2.42. The van der Waals surface area contributed by atoms with E-state index >= 15 is 0 Å². The molecule has 5 heteroatoms. The van der Waals surface area contributed by atoms with Gasteiger partial charge in [0.2, 0.25) is 0 Å². The summed E-state index contributed by atoms with van der Waals surface area (Å²) in [6.45, 7) is 2.15. The molecule has 0 N–H and O–H groups in total. The lowest BCUT2D eigenvalue weighted by Gasteiger charge is -2.33. The summed E-state index contributed by atoms with van der Waals surface area (Å²) in [6.07, 6.45) is 7.61. The maximum Gasteiger partial charge on any atom is 0.523 e. The second kappa shape index (κ2) is 10.1. The minimum atomic E-state index is -4.70. The van der Waals surface area contributed by atoms with Gasteiger partial charge in [-0.1, -0.05) is 88.3 Å². The molecule has 0 bridgehead atoms. The van der Waals surface area contributed by atoms with Crippen molar-refractivity contribution in [1.29, 1.82) is 0 Å². The van der Waals surface area contributed by atoms with Gasteiger partial charge in [0, 0.05) is 5.56 Å². The molecule has 1 aromatic carbocycles. The van der Waals surface area contributed by atoms with Crippen LogP contribution < -0.4 is 0 Å². The van der Waals surface area contributed by atoms with Crippen LogP contribution in [0.5, 0.6) is 0 Å². The summed E-state index contributed by atoms with van der Waals surface area (Å²) >= 11 is 0. The Morgan fingerprint density at radius 2 is 1.67 bits per heavy atom. The number of hydrogen-bond acceptors (Lipinski definition) is 1. The molecule has 0 fully saturated rings. The zero-order chi connectivity index (χ0) is 19.8. The lowest BCUT2D eigenvalue weighted by Crippen LogP contribution is -2.37. The molecule has 0 amide bonds. The Kier molecular flexibility index (Phi) is 8.08. The number of allylic oxidation sites excluding steroid dienone is 2. The van der Waals surface area contributed by atoms with Crippen LogP contribution in [0.4, 0.5) is 17.6 Å². The fourth-order valence-electron chi connectivity index (χ4n) is 3.48. The predicted molar refractivity (Wildman–Crippen MR) is 101 cm³/mol. The average Bonchev–Trinajstić information content (AvgIpc) is 2.61. The molecule has 1 atom stereocenters. The minimum Gasteiger partial charge on any atom is -0.281 e. The van der Waals surface area contributed by atoms with Gasteiger partial charge in [0.05, 0.1) is 5.60 Å². The van der Waals surface area contributed by atoms with Gasteiger partial charge in [-0.15, -0.1) is 13.2 Å². The number of benzene rings is 1. The van der Waals surface area contributed by atoms with Crippen LogP contribution in [-0.2, 0) is 4.74 Å². The first-order valence-electron chi connectivity index (χ1n) is 9.76. The highest BCUT2D eigenvalue weighted by molar-refractivity contribution is 5.75. The number of alkyl halides is 3. The zero-order valence-electron chi connectivity index (χ0n) is 15.8. The molecule has 0 saturated carbocycles. The summed E-state index contributed by atoms with van der Waals surface area (Å²) in [5, 5.41) is 0. The maximum absolute atomic E-state index is 13.9. The Bertz CT molecular complexity index is 648. The predicted octanol–water partition coefficient (Wildman–Crippen LogP) is 7.58. The molecule has 0 aromatic heterocycles. The average molecular weight is 384 g/mol. The van der Waals surface area contributed by atoms with Crippen molar-refractivity contribution in [3.05, 3.63) is 53.9 Å². The Morgan fingerprint density at radius 3 is 2.26 bits per heavy atom. The number of ether oxygens (including phenoxy) is 1. The third-order valence-corrected chi connectivity index (χ3v) is 4.94. The van der Waals surface area contributed by atoms with Crippen molar-refractivity contribution in [3.8, 4) is 0 Å². The van der Waals surface area contributed by atoms with Crippen LogP contribution in [0, 0.1) is 5.82 Å². The largest absolute Gasteiger partial charge is 0.523 e. The lowest BCUT2D eigenvalue weighted by molar-refractivity contribution is -0.359. The van der Waals surface area contributed by atoms with Crippen molar-refractivity contribution < 1.29 is 22.3 Å². The van der Waals surface area contributed by atoms with Crippen molar-refractivity contribution in [2.24, 2.45) is 0 Å². The second-order valence-electron chi connectivity index (χ2n) is 7.16.